The third-order valence-corrected chi connectivity index (χ3v) is 8.74. The van der Waals surface area contributed by atoms with E-state index in [2.05, 4.69) is 9.97 Å². The lowest BCUT2D eigenvalue weighted by Gasteiger charge is -2.18. The van der Waals surface area contributed by atoms with Crippen molar-refractivity contribution in [3.05, 3.63) is 127 Å². The summed E-state index contributed by atoms with van der Waals surface area (Å²) in [6.45, 7) is 0. The molecule has 0 radical (unpaired) electrons. The zero-order valence-corrected chi connectivity index (χ0v) is 24.9. The summed E-state index contributed by atoms with van der Waals surface area (Å²) in [4.78, 5) is 26.9. The predicted molar refractivity (Wildman–Crippen MR) is 172 cm³/mol. The van der Waals surface area contributed by atoms with E-state index in [4.69, 9.17) is 13.6 Å². The van der Waals surface area contributed by atoms with E-state index in [9.17, 15) is 13.2 Å². The second kappa shape index (κ2) is 11.4. The Morgan fingerprint density at radius 1 is 0.889 bits per heavy atom. The number of benzene rings is 3. The van der Waals surface area contributed by atoms with E-state index < -0.39 is 10.1 Å². The van der Waals surface area contributed by atoms with E-state index in [0.717, 1.165) is 44.2 Å². The number of carbonyl (C=O) groups is 1. The Morgan fingerprint density at radius 3 is 2.42 bits per heavy atom. The van der Waals surface area contributed by atoms with Gasteiger partial charge in [0, 0.05) is 58.2 Å². The minimum Gasteiger partial charge on any atom is -0.450 e. The molecule has 1 amide bonds. The fraction of sp³-hybridized carbons (Fsp3) is 0.0571. The van der Waals surface area contributed by atoms with Gasteiger partial charge in [-0.15, -0.1) is 0 Å². The van der Waals surface area contributed by atoms with E-state index >= 15 is 0 Å². The lowest BCUT2D eigenvalue weighted by molar-refractivity contribution is -0.117. The average Bonchev–Trinajstić information content (AvgIpc) is 3.74. The van der Waals surface area contributed by atoms with Gasteiger partial charge in [-0.1, -0.05) is 48.5 Å². The maximum atomic E-state index is 12.9. The minimum atomic E-state index is -4.15. The van der Waals surface area contributed by atoms with Crippen LogP contribution >= 0.6 is 0 Å². The van der Waals surface area contributed by atoms with Crippen LogP contribution in [0.3, 0.4) is 0 Å². The molecule has 1 N–H and O–H groups in total. The van der Waals surface area contributed by atoms with Gasteiger partial charge < -0.3 is 18.5 Å². The van der Waals surface area contributed by atoms with Gasteiger partial charge in [-0.25, -0.2) is 4.98 Å². The van der Waals surface area contributed by atoms with E-state index in [1.807, 2.05) is 79.0 Å². The number of aromatic nitrogens is 3. The maximum absolute atomic E-state index is 12.9. The molecular formula is C35H26N4O5S. The van der Waals surface area contributed by atoms with Crippen LogP contribution in [0.2, 0.25) is 0 Å². The van der Waals surface area contributed by atoms with Crippen molar-refractivity contribution in [1.29, 1.82) is 0 Å². The molecule has 0 fully saturated rings. The predicted octanol–water partition coefficient (Wildman–Crippen LogP) is 7.01. The first-order chi connectivity index (χ1) is 21.9. The van der Waals surface area contributed by atoms with Gasteiger partial charge in [0.2, 0.25) is 5.91 Å². The van der Waals surface area contributed by atoms with Gasteiger partial charge in [0.05, 0.1) is 12.7 Å². The number of anilines is 1. The Morgan fingerprint density at radius 2 is 1.69 bits per heavy atom. The summed E-state index contributed by atoms with van der Waals surface area (Å²) in [6, 6.07) is 31.1. The number of nitrogens with one attached hydrogen (secondary N) is 1. The third-order valence-electron chi connectivity index (χ3n) is 7.60. The van der Waals surface area contributed by atoms with Crippen LogP contribution in [0.4, 0.5) is 5.69 Å². The Labute approximate surface area is 258 Å². The van der Waals surface area contributed by atoms with Gasteiger partial charge in [0.25, 0.3) is 5.09 Å². The highest BCUT2D eigenvalue weighted by atomic mass is 32.2. The summed E-state index contributed by atoms with van der Waals surface area (Å²) in [5.41, 5.74) is 6.54. The highest BCUT2D eigenvalue weighted by molar-refractivity contribution is 7.87. The molecule has 0 bridgehead atoms. The molecule has 0 aliphatic heterocycles. The zero-order valence-electron chi connectivity index (χ0n) is 24.0. The third kappa shape index (κ3) is 5.43. The first-order valence-corrected chi connectivity index (χ1v) is 15.5. The van der Waals surface area contributed by atoms with Crippen LogP contribution in [0, 0.1) is 0 Å². The second-order valence-electron chi connectivity index (χ2n) is 10.4. The highest BCUT2D eigenvalue weighted by Gasteiger charge is 2.22. The Hall–Kier alpha value is -5.74. The minimum absolute atomic E-state index is 0.0691. The first kappa shape index (κ1) is 28.1. The molecule has 0 aliphatic rings. The number of carbonyl (C=O) groups excluding carboxylic acids is 1. The molecule has 0 unspecified atom stereocenters. The van der Waals surface area contributed by atoms with E-state index in [-0.39, 0.29) is 23.2 Å². The maximum Gasteiger partial charge on any atom is 0.373 e. The molecule has 4 heterocycles. The van der Waals surface area contributed by atoms with Crippen LogP contribution in [0.15, 0.2) is 131 Å². The molecule has 0 aliphatic carbocycles. The van der Waals surface area contributed by atoms with Crippen molar-refractivity contribution in [3.8, 4) is 28.0 Å². The van der Waals surface area contributed by atoms with Gasteiger partial charge in [-0.3, -0.25) is 9.78 Å². The lowest BCUT2D eigenvalue weighted by atomic mass is 9.92. The van der Waals surface area contributed by atoms with Crippen molar-refractivity contribution < 1.29 is 21.8 Å². The highest BCUT2D eigenvalue weighted by Crippen LogP contribution is 2.41. The van der Waals surface area contributed by atoms with Gasteiger partial charge in [-0.05, 0) is 65.7 Å². The van der Waals surface area contributed by atoms with Gasteiger partial charge >= 0.3 is 10.1 Å². The van der Waals surface area contributed by atoms with Crippen molar-refractivity contribution in [2.45, 2.75) is 11.5 Å². The van der Waals surface area contributed by atoms with Crippen molar-refractivity contribution in [2.75, 3.05) is 11.9 Å². The Bertz CT molecular complexity index is 2250. The number of hydrogen-bond acceptors (Lipinski definition) is 7. The van der Waals surface area contributed by atoms with E-state index in [0.29, 0.717) is 11.3 Å². The van der Waals surface area contributed by atoms with Crippen molar-refractivity contribution in [2.24, 2.45) is 0 Å². The SMILES string of the molecule is CN(C(=O)Cc1ccccn1)c1ccc(-c2cnc3[nH]c4ccc(OS(=O)(=O)c5ccco5)cc4c3c2-c2ccccc2)cc1. The Balaban J connectivity index is 1.30. The molecule has 222 valence electrons. The largest absolute Gasteiger partial charge is 0.450 e. The number of furan rings is 1. The quantitative estimate of drug-likeness (QED) is 0.183. The molecule has 0 saturated heterocycles. The first-order valence-electron chi connectivity index (χ1n) is 14.1. The van der Waals surface area contributed by atoms with Crippen LogP contribution in [-0.4, -0.2) is 36.3 Å². The monoisotopic (exact) mass is 614 g/mol. The zero-order chi connectivity index (χ0) is 31.0. The molecule has 4 aromatic heterocycles. The van der Waals surface area contributed by atoms with Crippen LogP contribution in [-0.2, 0) is 21.3 Å². The van der Waals surface area contributed by atoms with Crippen molar-refractivity contribution in [3.63, 3.8) is 0 Å². The van der Waals surface area contributed by atoms with Crippen LogP contribution in [0.5, 0.6) is 5.75 Å². The molecule has 7 rings (SSSR count). The molecule has 10 heteroatoms. The van der Waals surface area contributed by atoms with Crippen molar-refractivity contribution >= 4 is 43.6 Å². The molecule has 0 spiro atoms. The Kier molecular flexibility index (Phi) is 7.11. The van der Waals surface area contributed by atoms with Crippen LogP contribution in [0.25, 0.3) is 44.2 Å². The topological polar surface area (TPSA) is 118 Å². The van der Waals surface area contributed by atoms with E-state index in [1.165, 1.54) is 18.4 Å². The number of hydrogen-bond donors (Lipinski definition) is 1. The summed E-state index contributed by atoms with van der Waals surface area (Å²) < 4.78 is 36.0. The number of rotatable bonds is 8. The molecule has 3 aromatic carbocycles. The molecule has 7 aromatic rings. The summed E-state index contributed by atoms with van der Waals surface area (Å²) in [6.07, 6.45) is 4.98. The fourth-order valence-electron chi connectivity index (χ4n) is 5.37. The number of fused-ring (bicyclic) bond motifs is 3. The fourth-order valence-corrected chi connectivity index (χ4v) is 6.23. The second-order valence-corrected chi connectivity index (χ2v) is 11.9. The summed E-state index contributed by atoms with van der Waals surface area (Å²) >= 11 is 0. The number of nitrogens with zero attached hydrogens (tertiary/aromatic N) is 3. The van der Waals surface area contributed by atoms with Gasteiger partial charge in [0.1, 0.15) is 11.4 Å². The number of pyridine rings is 2. The molecule has 9 nitrogen and oxygen atoms in total. The number of aromatic amines is 1. The van der Waals surface area contributed by atoms with Crippen LogP contribution < -0.4 is 9.08 Å². The number of amides is 1. The standard InChI is InChI=1S/C35H26N4O5S/c1-39(31(40)20-25-10-5-6-18-36-25)26-14-12-23(13-15-26)29-22-37-35-34(33(29)24-8-3-2-4-9-24)28-21-27(16-17-30(28)38-35)44-45(41,42)32-11-7-19-43-32/h2-19,21-22H,20H2,1H3,(H,37,38). The van der Waals surface area contributed by atoms with Gasteiger partial charge in [-0.2, -0.15) is 8.42 Å². The summed E-state index contributed by atoms with van der Waals surface area (Å²) in [5, 5.41) is 1.30. The molecule has 45 heavy (non-hydrogen) atoms. The summed E-state index contributed by atoms with van der Waals surface area (Å²) in [7, 11) is -2.40. The van der Waals surface area contributed by atoms with Crippen molar-refractivity contribution in [1.82, 2.24) is 15.0 Å². The summed E-state index contributed by atoms with van der Waals surface area (Å²) in [5.74, 6) is 0.0763. The van der Waals surface area contributed by atoms with Crippen LogP contribution in [0.1, 0.15) is 5.69 Å². The normalized spacial score (nSPS) is 11.6. The molecule has 0 saturated carbocycles. The average molecular weight is 615 g/mol. The lowest BCUT2D eigenvalue weighted by Crippen LogP contribution is -2.28. The number of H-pyrrole nitrogens is 1. The van der Waals surface area contributed by atoms with Gasteiger partial charge in [0.15, 0.2) is 0 Å². The molecule has 0 atom stereocenters. The van der Waals surface area contributed by atoms with E-state index in [1.54, 1.807) is 36.3 Å². The number of likely N-dealkylation sites (N-methyl/N-ethyl adjacent to an activating group) is 1. The molecular weight excluding hydrogens is 588 g/mol. The smallest absolute Gasteiger partial charge is 0.373 e.